The second kappa shape index (κ2) is 5.88. The number of hydrogen-bond acceptors (Lipinski definition) is 3. The van der Waals surface area contributed by atoms with Crippen LogP contribution in [0.15, 0.2) is 12.3 Å². The molecule has 0 saturated carbocycles. The Hall–Kier alpha value is -0.870. The van der Waals surface area contributed by atoms with E-state index in [1.165, 1.54) is 0 Å². The second-order valence-electron chi connectivity index (χ2n) is 4.34. The van der Waals surface area contributed by atoms with Gasteiger partial charge in [-0.25, -0.2) is 0 Å². The molecule has 86 valence electrons. The summed E-state index contributed by atoms with van der Waals surface area (Å²) < 4.78 is 1.85. The van der Waals surface area contributed by atoms with E-state index in [2.05, 4.69) is 35.4 Å². The molecule has 1 rings (SSSR count). The Morgan fingerprint density at radius 2 is 2.33 bits per heavy atom. The van der Waals surface area contributed by atoms with Crippen molar-refractivity contribution in [2.75, 3.05) is 27.2 Å². The van der Waals surface area contributed by atoms with Gasteiger partial charge in [-0.3, -0.25) is 4.68 Å². The SMILES string of the molecule is CNCC(C)CN(C)Cc1ccn(C)n1. The lowest BCUT2D eigenvalue weighted by Gasteiger charge is -2.20. The zero-order chi connectivity index (χ0) is 11.3. The van der Waals surface area contributed by atoms with Gasteiger partial charge in [-0.05, 0) is 32.6 Å². The van der Waals surface area contributed by atoms with Gasteiger partial charge < -0.3 is 10.2 Å². The zero-order valence-electron chi connectivity index (χ0n) is 10.2. The van der Waals surface area contributed by atoms with Crippen molar-refractivity contribution in [1.82, 2.24) is 20.0 Å². The molecule has 0 aliphatic carbocycles. The van der Waals surface area contributed by atoms with Crippen LogP contribution in [0.5, 0.6) is 0 Å². The molecule has 1 heterocycles. The topological polar surface area (TPSA) is 33.1 Å². The molecule has 0 saturated heterocycles. The maximum atomic E-state index is 4.36. The first kappa shape index (κ1) is 12.2. The highest BCUT2D eigenvalue weighted by Gasteiger charge is 2.07. The van der Waals surface area contributed by atoms with E-state index >= 15 is 0 Å². The Morgan fingerprint density at radius 1 is 1.60 bits per heavy atom. The minimum atomic E-state index is 0.670. The van der Waals surface area contributed by atoms with Gasteiger partial charge in [0.05, 0.1) is 5.69 Å². The summed E-state index contributed by atoms with van der Waals surface area (Å²) in [5.41, 5.74) is 1.14. The summed E-state index contributed by atoms with van der Waals surface area (Å²) in [5, 5.41) is 7.56. The number of aryl methyl sites for hydroxylation is 1. The van der Waals surface area contributed by atoms with E-state index in [1.807, 2.05) is 25.0 Å². The van der Waals surface area contributed by atoms with Crippen LogP contribution < -0.4 is 5.32 Å². The highest BCUT2D eigenvalue weighted by Crippen LogP contribution is 2.02. The lowest BCUT2D eigenvalue weighted by atomic mass is 10.1. The summed E-state index contributed by atoms with van der Waals surface area (Å²) in [4.78, 5) is 2.31. The van der Waals surface area contributed by atoms with Gasteiger partial charge in [0.2, 0.25) is 0 Å². The average molecular weight is 210 g/mol. The standard InChI is InChI=1S/C11H22N4/c1-10(7-12-2)8-14(3)9-11-5-6-15(4)13-11/h5-6,10,12H,7-9H2,1-4H3. The van der Waals surface area contributed by atoms with Crippen LogP contribution in [0.4, 0.5) is 0 Å². The van der Waals surface area contributed by atoms with Crippen molar-refractivity contribution in [3.63, 3.8) is 0 Å². The molecule has 1 atom stereocenters. The fourth-order valence-electron chi connectivity index (χ4n) is 1.83. The molecule has 0 fully saturated rings. The molecule has 4 heteroatoms. The van der Waals surface area contributed by atoms with Crippen LogP contribution in [0.2, 0.25) is 0 Å². The van der Waals surface area contributed by atoms with Crippen molar-refractivity contribution < 1.29 is 0 Å². The Morgan fingerprint density at radius 3 is 2.87 bits per heavy atom. The van der Waals surface area contributed by atoms with Crippen LogP contribution in [0.1, 0.15) is 12.6 Å². The predicted octanol–water partition coefficient (Wildman–Crippen LogP) is 0.707. The smallest absolute Gasteiger partial charge is 0.0764 e. The van der Waals surface area contributed by atoms with Crippen molar-refractivity contribution in [3.05, 3.63) is 18.0 Å². The minimum Gasteiger partial charge on any atom is -0.319 e. The van der Waals surface area contributed by atoms with E-state index in [4.69, 9.17) is 0 Å². The van der Waals surface area contributed by atoms with E-state index in [1.54, 1.807) is 0 Å². The van der Waals surface area contributed by atoms with E-state index < -0.39 is 0 Å². The largest absolute Gasteiger partial charge is 0.319 e. The lowest BCUT2D eigenvalue weighted by Crippen LogP contribution is -2.29. The molecule has 0 aliphatic rings. The van der Waals surface area contributed by atoms with E-state index in [-0.39, 0.29) is 0 Å². The molecule has 1 aromatic heterocycles. The molecule has 15 heavy (non-hydrogen) atoms. The maximum absolute atomic E-state index is 4.36. The molecule has 0 bridgehead atoms. The number of hydrogen-bond donors (Lipinski definition) is 1. The van der Waals surface area contributed by atoms with Crippen LogP contribution in [-0.4, -0.2) is 41.9 Å². The number of rotatable bonds is 6. The molecular weight excluding hydrogens is 188 g/mol. The van der Waals surface area contributed by atoms with Crippen molar-refractivity contribution in [2.24, 2.45) is 13.0 Å². The van der Waals surface area contributed by atoms with Crippen LogP contribution in [0, 0.1) is 5.92 Å². The first-order valence-electron chi connectivity index (χ1n) is 5.43. The molecule has 0 aromatic carbocycles. The van der Waals surface area contributed by atoms with Crippen molar-refractivity contribution in [3.8, 4) is 0 Å². The zero-order valence-corrected chi connectivity index (χ0v) is 10.2. The molecule has 0 amide bonds. The predicted molar refractivity (Wildman–Crippen MR) is 62.6 cm³/mol. The molecule has 1 N–H and O–H groups in total. The van der Waals surface area contributed by atoms with E-state index in [0.717, 1.165) is 25.3 Å². The number of aromatic nitrogens is 2. The van der Waals surface area contributed by atoms with Crippen LogP contribution in [-0.2, 0) is 13.6 Å². The quantitative estimate of drug-likeness (QED) is 0.750. The maximum Gasteiger partial charge on any atom is 0.0764 e. The Bertz CT molecular complexity index is 282. The summed E-state index contributed by atoms with van der Waals surface area (Å²) >= 11 is 0. The Balaban J connectivity index is 2.32. The third-order valence-electron chi connectivity index (χ3n) is 2.38. The summed E-state index contributed by atoms with van der Waals surface area (Å²) in [6, 6.07) is 2.07. The molecular formula is C11H22N4. The van der Waals surface area contributed by atoms with E-state index in [0.29, 0.717) is 5.92 Å². The molecule has 4 nitrogen and oxygen atoms in total. The normalized spacial score (nSPS) is 13.4. The summed E-state index contributed by atoms with van der Waals surface area (Å²) in [6.45, 7) is 5.34. The molecule has 1 aromatic rings. The van der Waals surface area contributed by atoms with Gasteiger partial charge in [-0.1, -0.05) is 6.92 Å². The first-order valence-corrected chi connectivity index (χ1v) is 5.43. The van der Waals surface area contributed by atoms with Gasteiger partial charge in [0, 0.05) is 26.3 Å². The Kier molecular flexibility index (Phi) is 4.78. The Labute approximate surface area is 92.3 Å². The lowest BCUT2D eigenvalue weighted by molar-refractivity contribution is 0.273. The molecule has 1 unspecified atom stereocenters. The van der Waals surface area contributed by atoms with Crippen molar-refractivity contribution in [1.29, 1.82) is 0 Å². The van der Waals surface area contributed by atoms with Crippen LogP contribution in [0.25, 0.3) is 0 Å². The third-order valence-corrected chi connectivity index (χ3v) is 2.38. The minimum absolute atomic E-state index is 0.670. The monoisotopic (exact) mass is 210 g/mol. The van der Waals surface area contributed by atoms with Crippen LogP contribution >= 0.6 is 0 Å². The number of nitrogens with one attached hydrogen (secondary N) is 1. The van der Waals surface area contributed by atoms with Gasteiger partial charge in [-0.2, -0.15) is 5.10 Å². The fourth-order valence-corrected chi connectivity index (χ4v) is 1.83. The average Bonchev–Trinajstić information content (AvgIpc) is 2.51. The first-order chi connectivity index (χ1) is 7.11. The highest BCUT2D eigenvalue weighted by atomic mass is 15.3. The van der Waals surface area contributed by atoms with Gasteiger partial charge in [-0.15, -0.1) is 0 Å². The third kappa shape index (κ3) is 4.44. The summed E-state index contributed by atoms with van der Waals surface area (Å²) in [5.74, 6) is 0.670. The van der Waals surface area contributed by atoms with Crippen molar-refractivity contribution >= 4 is 0 Å². The van der Waals surface area contributed by atoms with Gasteiger partial charge in [0.25, 0.3) is 0 Å². The van der Waals surface area contributed by atoms with Gasteiger partial charge >= 0.3 is 0 Å². The van der Waals surface area contributed by atoms with E-state index in [9.17, 15) is 0 Å². The molecule has 0 aliphatic heterocycles. The summed E-state index contributed by atoms with van der Waals surface area (Å²) in [7, 11) is 6.09. The highest BCUT2D eigenvalue weighted by molar-refractivity contribution is 4.98. The fraction of sp³-hybridized carbons (Fsp3) is 0.727. The molecule has 0 spiro atoms. The molecule has 0 radical (unpaired) electrons. The van der Waals surface area contributed by atoms with Gasteiger partial charge in [0.15, 0.2) is 0 Å². The van der Waals surface area contributed by atoms with Crippen LogP contribution in [0.3, 0.4) is 0 Å². The number of nitrogens with zero attached hydrogens (tertiary/aromatic N) is 3. The van der Waals surface area contributed by atoms with Crippen molar-refractivity contribution in [2.45, 2.75) is 13.5 Å². The van der Waals surface area contributed by atoms with Gasteiger partial charge in [0.1, 0.15) is 0 Å². The second-order valence-corrected chi connectivity index (χ2v) is 4.34. The summed E-state index contributed by atoms with van der Waals surface area (Å²) in [6.07, 6.45) is 1.99.